The average molecular weight is 291 g/mol. The molecule has 0 bridgehead atoms. The Morgan fingerprint density at radius 2 is 2.24 bits per heavy atom. The van der Waals surface area contributed by atoms with Gasteiger partial charge in [-0.15, -0.1) is 0 Å². The first-order valence-electron chi connectivity index (χ1n) is 6.61. The molecule has 0 saturated carbocycles. The third-order valence-corrected chi connectivity index (χ3v) is 3.37. The Bertz CT molecular complexity index is 586. The van der Waals surface area contributed by atoms with E-state index in [0.29, 0.717) is 17.7 Å². The number of aliphatic hydroxyl groups is 1. The second kappa shape index (κ2) is 6.36. The fraction of sp³-hybridized carbons (Fsp3) is 0.357. The molecule has 0 saturated heterocycles. The van der Waals surface area contributed by atoms with E-state index in [-0.39, 0.29) is 30.3 Å². The maximum Gasteiger partial charge on any atom is 0.319 e. The summed E-state index contributed by atoms with van der Waals surface area (Å²) in [5.41, 5.74) is 1.00. The molecule has 7 nitrogen and oxygen atoms in total. The van der Waals surface area contributed by atoms with Gasteiger partial charge in [-0.25, -0.2) is 4.79 Å². The van der Waals surface area contributed by atoms with Gasteiger partial charge in [0.1, 0.15) is 0 Å². The molecule has 1 aromatic carbocycles. The van der Waals surface area contributed by atoms with Crippen LogP contribution in [0.2, 0.25) is 0 Å². The van der Waals surface area contributed by atoms with Crippen molar-refractivity contribution < 1.29 is 14.8 Å². The number of nitro benzene ring substituents is 1. The predicted molar refractivity (Wildman–Crippen MR) is 78.1 cm³/mol. The van der Waals surface area contributed by atoms with Gasteiger partial charge >= 0.3 is 6.03 Å². The number of aliphatic hydroxyl groups excluding tert-OH is 1. The molecule has 3 N–H and O–H groups in total. The van der Waals surface area contributed by atoms with E-state index in [2.05, 4.69) is 10.6 Å². The van der Waals surface area contributed by atoms with Crippen molar-refractivity contribution in [2.45, 2.75) is 19.4 Å². The van der Waals surface area contributed by atoms with Crippen LogP contribution in [0.1, 0.15) is 12.0 Å². The Kier molecular flexibility index (Phi) is 4.54. The SMILES string of the molecule is Cc1cc(NC(=O)N[C@@H]2C=C[C@H](CO)C2)ccc1[N+](=O)[O-]. The van der Waals surface area contributed by atoms with Gasteiger partial charge in [-0.2, -0.15) is 0 Å². The van der Waals surface area contributed by atoms with Crippen molar-refractivity contribution in [1.29, 1.82) is 0 Å². The minimum atomic E-state index is -0.461. The first kappa shape index (κ1) is 15.0. The van der Waals surface area contributed by atoms with E-state index < -0.39 is 4.92 Å². The zero-order valence-electron chi connectivity index (χ0n) is 11.6. The Hall–Kier alpha value is -2.41. The number of rotatable bonds is 4. The number of urea groups is 1. The molecule has 2 amide bonds. The molecular formula is C14H17N3O4. The third-order valence-electron chi connectivity index (χ3n) is 3.37. The van der Waals surface area contributed by atoms with E-state index in [1.165, 1.54) is 12.1 Å². The van der Waals surface area contributed by atoms with Crippen molar-refractivity contribution in [2.24, 2.45) is 5.92 Å². The molecule has 7 heteroatoms. The summed E-state index contributed by atoms with van der Waals surface area (Å²) in [5, 5.41) is 25.1. The standard InChI is InChI=1S/C14H17N3O4/c1-9-6-11(4-5-13(9)17(20)21)15-14(19)16-12-3-2-10(7-12)8-18/h2-6,10,12,18H,7-8H2,1H3,(H2,15,16,19)/t10-,12+/m0/s1. The van der Waals surface area contributed by atoms with Crippen LogP contribution in [0.25, 0.3) is 0 Å². The second-order valence-corrected chi connectivity index (χ2v) is 5.03. The van der Waals surface area contributed by atoms with Gasteiger partial charge in [0.15, 0.2) is 0 Å². The fourth-order valence-corrected chi connectivity index (χ4v) is 2.29. The molecule has 0 radical (unpaired) electrons. The third kappa shape index (κ3) is 3.79. The number of carbonyl (C=O) groups excluding carboxylic acids is 1. The van der Waals surface area contributed by atoms with Gasteiger partial charge in [0, 0.05) is 35.9 Å². The molecule has 112 valence electrons. The lowest BCUT2D eigenvalue weighted by Gasteiger charge is -2.13. The van der Waals surface area contributed by atoms with E-state index in [9.17, 15) is 14.9 Å². The smallest absolute Gasteiger partial charge is 0.319 e. The van der Waals surface area contributed by atoms with E-state index in [0.717, 1.165) is 0 Å². The number of anilines is 1. The molecule has 0 fully saturated rings. The number of nitrogens with one attached hydrogen (secondary N) is 2. The van der Waals surface area contributed by atoms with E-state index in [4.69, 9.17) is 5.11 Å². The zero-order chi connectivity index (χ0) is 15.4. The van der Waals surface area contributed by atoms with Gasteiger partial charge in [-0.3, -0.25) is 10.1 Å². The lowest BCUT2D eigenvalue weighted by molar-refractivity contribution is -0.385. The Morgan fingerprint density at radius 3 is 2.81 bits per heavy atom. The van der Waals surface area contributed by atoms with Gasteiger partial charge in [0.25, 0.3) is 5.69 Å². The Morgan fingerprint density at radius 1 is 1.48 bits per heavy atom. The number of hydrogen-bond acceptors (Lipinski definition) is 4. The number of nitrogens with zero attached hydrogens (tertiary/aromatic N) is 1. The summed E-state index contributed by atoms with van der Waals surface area (Å²) in [7, 11) is 0. The summed E-state index contributed by atoms with van der Waals surface area (Å²) in [6.45, 7) is 1.69. The van der Waals surface area contributed by atoms with Gasteiger partial charge in [-0.05, 0) is 25.5 Å². The molecule has 0 spiro atoms. The first-order chi connectivity index (χ1) is 9.99. The Balaban J connectivity index is 1.93. The molecule has 1 aliphatic carbocycles. The highest BCUT2D eigenvalue weighted by molar-refractivity contribution is 5.89. The largest absolute Gasteiger partial charge is 0.396 e. The quantitative estimate of drug-likeness (QED) is 0.448. The van der Waals surface area contributed by atoms with Gasteiger partial charge in [0.05, 0.1) is 4.92 Å². The number of nitro groups is 1. The van der Waals surface area contributed by atoms with Crippen molar-refractivity contribution in [1.82, 2.24) is 5.32 Å². The predicted octanol–water partition coefficient (Wildman–Crippen LogP) is 1.96. The maximum absolute atomic E-state index is 11.8. The molecule has 1 aromatic rings. The number of aryl methyl sites for hydroxylation is 1. The maximum atomic E-state index is 11.8. The summed E-state index contributed by atoms with van der Waals surface area (Å²) in [6.07, 6.45) is 4.39. The van der Waals surface area contributed by atoms with Crippen LogP contribution in [0.3, 0.4) is 0 Å². The molecule has 1 aliphatic rings. The van der Waals surface area contributed by atoms with Crippen LogP contribution in [0.5, 0.6) is 0 Å². The molecule has 2 rings (SSSR count). The van der Waals surface area contributed by atoms with Gasteiger partial charge in [0.2, 0.25) is 0 Å². The first-order valence-corrected chi connectivity index (χ1v) is 6.61. The number of amides is 2. The molecule has 0 heterocycles. The van der Waals surface area contributed by atoms with Crippen LogP contribution in [-0.4, -0.2) is 28.7 Å². The molecule has 0 unspecified atom stereocenters. The van der Waals surface area contributed by atoms with Gasteiger partial charge in [-0.1, -0.05) is 12.2 Å². The van der Waals surface area contributed by atoms with Crippen molar-refractivity contribution >= 4 is 17.4 Å². The number of benzene rings is 1. The fourth-order valence-electron chi connectivity index (χ4n) is 2.29. The van der Waals surface area contributed by atoms with Crippen molar-refractivity contribution in [2.75, 3.05) is 11.9 Å². The van der Waals surface area contributed by atoms with E-state index in [1.54, 1.807) is 13.0 Å². The van der Waals surface area contributed by atoms with Crippen molar-refractivity contribution in [3.8, 4) is 0 Å². The molecule has 2 atom stereocenters. The van der Waals surface area contributed by atoms with Crippen LogP contribution >= 0.6 is 0 Å². The monoisotopic (exact) mass is 291 g/mol. The average Bonchev–Trinajstić information content (AvgIpc) is 2.85. The summed E-state index contributed by atoms with van der Waals surface area (Å²) in [4.78, 5) is 22.1. The van der Waals surface area contributed by atoms with Crippen LogP contribution < -0.4 is 10.6 Å². The van der Waals surface area contributed by atoms with Crippen LogP contribution in [0.4, 0.5) is 16.2 Å². The van der Waals surface area contributed by atoms with E-state index in [1.807, 2.05) is 12.2 Å². The van der Waals surface area contributed by atoms with Crippen LogP contribution in [-0.2, 0) is 0 Å². The Labute approximate surface area is 121 Å². The lowest BCUT2D eigenvalue weighted by Crippen LogP contribution is -2.36. The van der Waals surface area contributed by atoms with Crippen molar-refractivity contribution in [3.63, 3.8) is 0 Å². The van der Waals surface area contributed by atoms with E-state index >= 15 is 0 Å². The molecule has 0 aromatic heterocycles. The summed E-state index contributed by atoms with van der Waals surface area (Å²) >= 11 is 0. The summed E-state index contributed by atoms with van der Waals surface area (Å²) in [6, 6.07) is 3.92. The molecule has 0 aliphatic heterocycles. The highest BCUT2D eigenvalue weighted by Gasteiger charge is 2.20. The molecule has 21 heavy (non-hydrogen) atoms. The van der Waals surface area contributed by atoms with Gasteiger partial charge < -0.3 is 15.7 Å². The minimum Gasteiger partial charge on any atom is -0.396 e. The number of hydrogen-bond donors (Lipinski definition) is 3. The highest BCUT2D eigenvalue weighted by Crippen LogP contribution is 2.22. The second-order valence-electron chi connectivity index (χ2n) is 5.03. The zero-order valence-corrected chi connectivity index (χ0v) is 11.6. The van der Waals surface area contributed by atoms with Crippen molar-refractivity contribution in [3.05, 3.63) is 46.0 Å². The summed E-state index contributed by atoms with van der Waals surface area (Å²) in [5.74, 6) is 0.0805. The van der Waals surface area contributed by atoms with Crippen LogP contribution in [0.15, 0.2) is 30.4 Å². The number of carbonyl (C=O) groups is 1. The topological polar surface area (TPSA) is 104 Å². The summed E-state index contributed by atoms with van der Waals surface area (Å²) < 4.78 is 0. The lowest BCUT2D eigenvalue weighted by atomic mass is 10.1. The van der Waals surface area contributed by atoms with Crippen LogP contribution in [0, 0.1) is 23.0 Å². The normalized spacial score (nSPS) is 20.3. The minimum absolute atomic E-state index is 0.0190. The molecular weight excluding hydrogens is 274 g/mol. The highest BCUT2D eigenvalue weighted by atomic mass is 16.6.